The second-order valence-electron chi connectivity index (χ2n) is 3.99. The van der Waals surface area contributed by atoms with E-state index in [9.17, 15) is 0 Å². The van der Waals surface area contributed by atoms with Gasteiger partial charge >= 0.3 is 0 Å². The number of rotatable bonds is 3. The maximum Gasteiger partial charge on any atom is 0.179 e. The van der Waals surface area contributed by atoms with Crippen LogP contribution in [0.3, 0.4) is 0 Å². The quantitative estimate of drug-likeness (QED) is 0.700. The Bertz CT molecular complexity index is 617. The molecule has 3 aromatic rings. The second-order valence-corrected chi connectivity index (χ2v) is 3.99. The molecule has 0 aliphatic rings. The molecule has 0 aliphatic heterocycles. The van der Waals surface area contributed by atoms with E-state index in [0.29, 0.717) is 6.42 Å². The van der Waals surface area contributed by atoms with Crippen LogP contribution in [0.1, 0.15) is 11.4 Å². The molecule has 1 heterocycles. The van der Waals surface area contributed by atoms with E-state index in [1.807, 2.05) is 48.5 Å². The van der Waals surface area contributed by atoms with Gasteiger partial charge in [0.25, 0.3) is 0 Å². The molecule has 4 nitrogen and oxygen atoms in total. The average Bonchev–Trinajstić information content (AvgIpc) is 2.89. The standard InChI is InChI=1S/C14H12N4/c1-3-7-12(8-4-1)11-14-15-17-18(16-14)13-9-5-2-6-10-13/h1-10H,11H2. The largest absolute Gasteiger partial charge is 0.179 e. The lowest BCUT2D eigenvalue weighted by Gasteiger charge is -1.96. The first-order chi connectivity index (χ1) is 8.92. The summed E-state index contributed by atoms with van der Waals surface area (Å²) < 4.78 is 0. The SMILES string of the molecule is c1ccc(Cc2nnn(-c3ccccc3)n2)cc1. The van der Waals surface area contributed by atoms with E-state index >= 15 is 0 Å². The van der Waals surface area contributed by atoms with Crippen molar-refractivity contribution in [2.24, 2.45) is 0 Å². The van der Waals surface area contributed by atoms with Gasteiger partial charge in [0, 0.05) is 6.42 Å². The molecule has 0 aliphatic carbocycles. The first-order valence-corrected chi connectivity index (χ1v) is 5.80. The molecule has 0 radical (unpaired) electrons. The molecule has 88 valence electrons. The Morgan fingerprint density at radius 1 is 0.833 bits per heavy atom. The number of nitrogens with zero attached hydrogens (tertiary/aromatic N) is 4. The average molecular weight is 236 g/mol. The smallest absolute Gasteiger partial charge is 0.131 e. The van der Waals surface area contributed by atoms with Crippen LogP contribution in [0.5, 0.6) is 0 Å². The molecule has 0 N–H and O–H groups in total. The van der Waals surface area contributed by atoms with Crippen LogP contribution in [0, 0.1) is 0 Å². The van der Waals surface area contributed by atoms with Crippen molar-refractivity contribution in [3.05, 3.63) is 72.1 Å². The van der Waals surface area contributed by atoms with E-state index in [0.717, 1.165) is 11.5 Å². The minimum atomic E-state index is 0.702. The summed E-state index contributed by atoms with van der Waals surface area (Å²) in [6, 6.07) is 19.9. The van der Waals surface area contributed by atoms with Gasteiger partial charge in [-0.15, -0.1) is 15.0 Å². The minimum absolute atomic E-state index is 0.702. The van der Waals surface area contributed by atoms with E-state index in [-0.39, 0.29) is 0 Å². The van der Waals surface area contributed by atoms with E-state index in [1.54, 1.807) is 4.80 Å². The number of benzene rings is 2. The minimum Gasteiger partial charge on any atom is -0.131 e. The van der Waals surface area contributed by atoms with E-state index in [1.165, 1.54) is 5.56 Å². The zero-order valence-corrected chi connectivity index (χ0v) is 9.77. The fourth-order valence-corrected chi connectivity index (χ4v) is 1.76. The van der Waals surface area contributed by atoms with Crippen molar-refractivity contribution >= 4 is 0 Å². The van der Waals surface area contributed by atoms with Crippen molar-refractivity contribution in [1.82, 2.24) is 20.2 Å². The molecule has 0 fully saturated rings. The molecule has 1 aromatic heterocycles. The number of para-hydroxylation sites is 1. The molecule has 0 atom stereocenters. The highest BCUT2D eigenvalue weighted by molar-refractivity contribution is 5.28. The molecule has 0 unspecified atom stereocenters. The zero-order valence-electron chi connectivity index (χ0n) is 9.77. The summed E-state index contributed by atoms with van der Waals surface area (Å²) >= 11 is 0. The summed E-state index contributed by atoms with van der Waals surface area (Å²) in [6.45, 7) is 0. The molecular weight excluding hydrogens is 224 g/mol. The van der Waals surface area contributed by atoms with Crippen LogP contribution < -0.4 is 0 Å². The fraction of sp³-hybridized carbons (Fsp3) is 0.0714. The van der Waals surface area contributed by atoms with E-state index in [2.05, 4.69) is 27.5 Å². The third-order valence-corrected chi connectivity index (χ3v) is 2.65. The first-order valence-electron chi connectivity index (χ1n) is 5.80. The van der Waals surface area contributed by atoms with Crippen LogP contribution in [0.2, 0.25) is 0 Å². The lowest BCUT2D eigenvalue weighted by molar-refractivity contribution is 0.718. The van der Waals surface area contributed by atoms with Crippen molar-refractivity contribution in [2.75, 3.05) is 0 Å². The van der Waals surface area contributed by atoms with Gasteiger partial charge in [-0.25, -0.2) is 0 Å². The number of hydrogen-bond donors (Lipinski definition) is 0. The molecule has 18 heavy (non-hydrogen) atoms. The highest BCUT2D eigenvalue weighted by Gasteiger charge is 2.04. The summed E-state index contributed by atoms with van der Waals surface area (Å²) in [4.78, 5) is 1.55. The van der Waals surface area contributed by atoms with Crippen LogP contribution in [-0.2, 0) is 6.42 Å². The predicted molar refractivity (Wildman–Crippen MR) is 68.4 cm³/mol. The van der Waals surface area contributed by atoms with Crippen molar-refractivity contribution in [1.29, 1.82) is 0 Å². The van der Waals surface area contributed by atoms with Crippen molar-refractivity contribution in [3.63, 3.8) is 0 Å². The molecule has 3 rings (SSSR count). The predicted octanol–water partition coefficient (Wildman–Crippen LogP) is 2.25. The van der Waals surface area contributed by atoms with Crippen LogP contribution in [0.15, 0.2) is 60.7 Å². The van der Waals surface area contributed by atoms with Gasteiger partial charge in [0.2, 0.25) is 0 Å². The number of aromatic nitrogens is 4. The Morgan fingerprint density at radius 2 is 1.50 bits per heavy atom. The summed E-state index contributed by atoms with van der Waals surface area (Å²) in [6.07, 6.45) is 0.702. The van der Waals surface area contributed by atoms with Crippen molar-refractivity contribution in [2.45, 2.75) is 6.42 Å². The molecular formula is C14H12N4. The van der Waals surface area contributed by atoms with Crippen LogP contribution in [0.4, 0.5) is 0 Å². The number of hydrogen-bond acceptors (Lipinski definition) is 3. The third kappa shape index (κ3) is 2.27. The van der Waals surface area contributed by atoms with Crippen LogP contribution >= 0.6 is 0 Å². The molecule has 2 aromatic carbocycles. The van der Waals surface area contributed by atoms with Gasteiger partial charge in [-0.05, 0) is 22.9 Å². The topological polar surface area (TPSA) is 43.6 Å². The highest BCUT2D eigenvalue weighted by atomic mass is 15.6. The van der Waals surface area contributed by atoms with Gasteiger partial charge in [0.1, 0.15) is 0 Å². The molecule has 0 saturated heterocycles. The van der Waals surface area contributed by atoms with Crippen LogP contribution in [-0.4, -0.2) is 20.2 Å². The molecule has 4 heteroatoms. The highest BCUT2D eigenvalue weighted by Crippen LogP contribution is 2.06. The third-order valence-electron chi connectivity index (χ3n) is 2.65. The van der Waals surface area contributed by atoms with Crippen molar-refractivity contribution < 1.29 is 0 Å². The summed E-state index contributed by atoms with van der Waals surface area (Å²) in [7, 11) is 0. The number of tetrazole rings is 1. The van der Waals surface area contributed by atoms with E-state index in [4.69, 9.17) is 0 Å². The summed E-state index contributed by atoms with van der Waals surface area (Å²) in [5.74, 6) is 0.727. The Kier molecular flexibility index (Phi) is 2.84. The lowest BCUT2D eigenvalue weighted by atomic mass is 10.1. The Hall–Kier alpha value is -2.49. The monoisotopic (exact) mass is 236 g/mol. The molecule has 0 bridgehead atoms. The summed E-state index contributed by atoms with van der Waals surface area (Å²) in [5, 5.41) is 12.5. The van der Waals surface area contributed by atoms with Gasteiger partial charge in [-0.2, -0.15) is 0 Å². The Balaban J connectivity index is 1.82. The van der Waals surface area contributed by atoms with Crippen molar-refractivity contribution in [3.8, 4) is 5.69 Å². The summed E-state index contributed by atoms with van der Waals surface area (Å²) in [5.41, 5.74) is 2.11. The first kappa shape index (κ1) is 10.7. The molecule has 0 spiro atoms. The molecule has 0 amide bonds. The molecule has 0 saturated carbocycles. The Labute approximate surface area is 105 Å². The Morgan fingerprint density at radius 3 is 2.22 bits per heavy atom. The van der Waals surface area contributed by atoms with Gasteiger partial charge < -0.3 is 0 Å². The van der Waals surface area contributed by atoms with Gasteiger partial charge in [0.05, 0.1) is 5.69 Å². The maximum absolute atomic E-state index is 4.37. The fourth-order valence-electron chi connectivity index (χ4n) is 1.76. The zero-order chi connectivity index (χ0) is 12.2. The second kappa shape index (κ2) is 4.79. The van der Waals surface area contributed by atoms with Gasteiger partial charge in [-0.3, -0.25) is 0 Å². The van der Waals surface area contributed by atoms with Gasteiger partial charge in [0.15, 0.2) is 5.82 Å². The normalized spacial score (nSPS) is 10.4. The van der Waals surface area contributed by atoms with E-state index < -0.39 is 0 Å². The van der Waals surface area contributed by atoms with Crippen LogP contribution in [0.25, 0.3) is 5.69 Å². The van der Waals surface area contributed by atoms with Gasteiger partial charge in [-0.1, -0.05) is 48.5 Å². The maximum atomic E-state index is 4.37. The lowest BCUT2D eigenvalue weighted by Crippen LogP contribution is -1.99.